The van der Waals surface area contributed by atoms with Crippen molar-refractivity contribution in [3.8, 4) is 11.4 Å². The van der Waals surface area contributed by atoms with Gasteiger partial charge in [0.25, 0.3) is 0 Å². The molecule has 0 fully saturated rings. The van der Waals surface area contributed by atoms with E-state index in [1.54, 1.807) is 6.20 Å². The molecule has 3 nitrogen and oxygen atoms in total. The van der Waals surface area contributed by atoms with Gasteiger partial charge in [-0.25, -0.2) is 4.98 Å². The summed E-state index contributed by atoms with van der Waals surface area (Å²) < 4.78 is 2.07. The van der Waals surface area contributed by atoms with Gasteiger partial charge in [-0.1, -0.05) is 6.07 Å². The van der Waals surface area contributed by atoms with Gasteiger partial charge in [-0.15, -0.1) is 0 Å². The molecule has 3 heteroatoms. The maximum atomic E-state index is 4.36. The van der Waals surface area contributed by atoms with Gasteiger partial charge in [0.2, 0.25) is 0 Å². The maximum Gasteiger partial charge on any atom is 0.140 e. The van der Waals surface area contributed by atoms with Crippen LogP contribution in [-0.2, 0) is 7.05 Å². The van der Waals surface area contributed by atoms with Gasteiger partial charge in [0.05, 0.1) is 11.4 Å². The number of aromatic nitrogens is 3. The first-order valence-electron chi connectivity index (χ1n) is 5.18. The second-order valence-corrected chi connectivity index (χ2v) is 3.72. The Hall–Kier alpha value is -2.16. The van der Waals surface area contributed by atoms with Crippen molar-refractivity contribution in [2.45, 2.75) is 0 Å². The van der Waals surface area contributed by atoms with Gasteiger partial charge in [-0.3, -0.25) is 4.98 Å². The molecule has 0 aromatic carbocycles. The average Bonchev–Trinajstić information content (AvgIpc) is 2.69. The van der Waals surface area contributed by atoms with Crippen molar-refractivity contribution in [2.24, 2.45) is 7.05 Å². The summed E-state index contributed by atoms with van der Waals surface area (Å²) in [6.07, 6.45) is 3.62. The largest absolute Gasteiger partial charge is 0.327 e. The summed E-state index contributed by atoms with van der Waals surface area (Å²) >= 11 is 0. The Kier molecular flexibility index (Phi) is 1.96. The van der Waals surface area contributed by atoms with Crippen molar-refractivity contribution in [3.63, 3.8) is 0 Å². The van der Waals surface area contributed by atoms with E-state index >= 15 is 0 Å². The molecule has 3 aromatic heterocycles. The lowest BCUT2D eigenvalue weighted by Gasteiger charge is -2.01. The van der Waals surface area contributed by atoms with E-state index < -0.39 is 0 Å². The zero-order chi connectivity index (χ0) is 11.0. The highest BCUT2D eigenvalue weighted by Crippen LogP contribution is 2.23. The highest BCUT2D eigenvalue weighted by atomic mass is 15.0. The third-order valence-corrected chi connectivity index (χ3v) is 2.72. The normalized spacial score (nSPS) is 10.8. The lowest BCUT2D eigenvalue weighted by molar-refractivity contribution is 0.950. The van der Waals surface area contributed by atoms with E-state index in [4.69, 9.17) is 0 Å². The molecule has 0 aliphatic heterocycles. The zero-order valence-corrected chi connectivity index (χ0v) is 8.96. The summed E-state index contributed by atoms with van der Waals surface area (Å²) in [5.41, 5.74) is 3.06. The number of hydrogen-bond donors (Lipinski definition) is 0. The van der Waals surface area contributed by atoms with E-state index in [-0.39, 0.29) is 0 Å². The van der Waals surface area contributed by atoms with E-state index in [9.17, 15) is 0 Å². The molecule has 0 bridgehead atoms. The fourth-order valence-corrected chi connectivity index (χ4v) is 1.92. The number of aryl methyl sites for hydroxylation is 1. The molecule has 0 radical (unpaired) electrons. The number of pyridine rings is 2. The predicted molar refractivity (Wildman–Crippen MR) is 63.9 cm³/mol. The van der Waals surface area contributed by atoms with E-state index in [2.05, 4.69) is 26.7 Å². The first-order valence-corrected chi connectivity index (χ1v) is 5.18. The summed E-state index contributed by atoms with van der Waals surface area (Å²) in [5.74, 6) is 0. The van der Waals surface area contributed by atoms with Crippen LogP contribution in [0.3, 0.4) is 0 Å². The number of hydrogen-bond acceptors (Lipinski definition) is 2. The minimum atomic E-state index is 0.975. The molecule has 78 valence electrons. The Balaban J connectivity index is 2.29. The molecule has 3 rings (SSSR count). The monoisotopic (exact) mass is 209 g/mol. The molecule has 3 heterocycles. The molecule has 0 saturated heterocycles. The van der Waals surface area contributed by atoms with Gasteiger partial charge < -0.3 is 4.57 Å². The van der Waals surface area contributed by atoms with Gasteiger partial charge >= 0.3 is 0 Å². The summed E-state index contributed by atoms with van der Waals surface area (Å²) in [7, 11) is 2.01. The van der Waals surface area contributed by atoms with Gasteiger partial charge in [0, 0.05) is 24.8 Å². The molecule has 0 saturated carbocycles. The molecular weight excluding hydrogens is 198 g/mol. The first kappa shape index (κ1) is 9.09. The van der Waals surface area contributed by atoms with Crippen molar-refractivity contribution < 1.29 is 0 Å². The van der Waals surface area contributed by atoms with E-state index in [1.165, 1.54) is 0 Å². The quantitative estimate of drug-likeness (QED) is 0.616. The van der Waals surface area contributed by atoms with E-state index in [0.717, 1.165) is 22.4 Å². The minimum Gasteiger partial charge on any atom is -0.327 e. The van der Waals surface area contributed by atoms with Gasteiger partial charge in [-0.2, -0.15) is 0 Å². The summed E-state index contributed by atoms with van der Waals surface area (Å²) in [6.45, 7) is 0. The van der Waals surface area contributed by atoms with Crippen LogP contribution in [0.25, 0.3) is 22.4 Å². The number of rotatable bonds is 1. The predicted octanol–water partition coefficient (Wildman–Crippen LogP) is 2.64. The lowest BCUT2D eigenvalue weighted by Crippen LogP contribution is -1.93. The fourth-order valence-electron chi connectivity index (χ4n) is 1.92. The smallest absolute Gasteiger partial charge is 0.140 e. The molecule has 16 heavy (non-hydrogen) atoms. The first-order chi connectivity index (χ1) is 7.86. The topological polar surface area (TPSA) is 30.7 Å². The summed E-state index contributed by atoms with van der Waals surface area (Å²) in [4.78, 5) is 8.72. The second kappa shape index (κ2) is 3.45. The van der Waals surface area contributed by atoms with Crippen LogP contribution in [0.1, 0.15) is 0 Å². The highest BCUT2D eigenvalue weighted by molar-refractivity contribution is 5.83. The number of fused-ring (bicyclic) bond motifs is 1. The molecule has 0 amide bonds. The molecule has 0 aliphatic rings. The average molecular weight is 209 g/mol. The summed E-state index contributed by atoms with van der Waals surface area (Å²) in [6, 6.07) is 12.1. The Morgan fingerprint density at radius 1 is 1.00 bits per heavy atom. The van der Waals surface area contributed by atoms with Crippen LogP contribution in [0.4, 0.5) is 0 Å². The highest BCUT2D eigenvalue weighted by Gasteiger charge is 2.08. The Morgan fingerprint density at radius 2 is 1.88 bits per heavy atom. The van der Waals surface area contributed by atoms with E-state index in [1.807, 2.05) is 37.5 Å². The van der Waals surface area contributed by atoms with Crippen LogP contribution in [0, 0.1) is 0 Å². The number of nitrogens with zero attached hydrogens (tertiary/aromatic N) is 3. The zero-order valence-electron chi connectivity index (χ0n) is 8.96. The summed E-state index contributed by atoms with van der Waals surface area (Å²) in [5, 5.41) is 1.14. The SMILES string of the molecule is Cn1c(-c2ccccn2)cc2cccnc21. The van der Waals surface area contributed by atoms with Crippen LogP contribution >= 0.6 is 0 Å². The van der Waals surface area contributed by atoms with Crippen molar-refractivity contribution in [1.29, 1.82) is 0 Å². The van der Waals surface area contributed by atoms with Crippen LogP contribution in [0.5, 0.6) is 0 Å². The minimum absolute atomic E-state index is 0.975. The van der Waals surface area contributed by atoms with Gasteiger partial charge in [0.1, 0.15) is 5.65 Å². The van der Waals surface area contributed by atoms with E-state index in [0.29, 0.717) is 0 Å². The maximum absolute atomic E-state index is 4.36. The molecule has 3 aromatic rings. The Bertz CT molecular complexity index is 626. The molecule has 0 aliphatic carbocycles. The van der Waals surface area contributed by atoms with Gasteiger partial charge in [-0.05, 0) is 30.3 Å². The van der Waals surface area contributed by atoms with Crippen molar-refractivity contribution in [1.82, 2.24) is 14.5 Å². The van der Waals surface area contributed by atoms with Gasteiger partial charge in [0.15, 0.2) is 0 Å². The van der Waals surface area contributed by atoms with Crippen molar-refractivity contribution in [2.75, 3.05) is 0 Å². The second-order valence-electron chi connectivity index (χ2n) is 3.72. The van der Waals surface area contributed by atoms with Crippen LogP contribution < -0.4 is 0 Å². The molecule has 0 spiro atoms. The van der Waals surface area contributed by atoms with Crippen molar-refractivity contribution in [3.05, 3.63) is 48.8 Å². The Labute approximate surface area is 93.4 Å². The third kappa shape index (κ3) is 1.29. The van der Waals surface area contributed by atoms with Crippen LogP contribution in [0.2, 0.25) is 0 Å². The van der Waals surface area contributed by atoms with Crippen LogP contribution in [-0.4, -0.2) is 14.5 Å². The molecule has 0 unspecified atom stereocenters. The standard InChI is InChI=1S/C13H11N3/c1-16-12(11-6-2-3-7-14-11)9-10-5-4-8-15-13(10)16/h2-9H,1H3. The molecule has 0 atom stereocenters. The van der Waals surface area contributed by atoms with Crippen molar-refractivity contribution >= 4 is 11.0 Å². The molecule has 0 N–H and O–H groups in total. The third-order valence-electron chi connectivity index (χ3n) is 2.72. The Morgan fingerprint density at radius 3 is 2.62 bits per heavy atom. The molecular formula is C13H11N3. The lowest BCUT2D eigenvalue weighted by atomic mass is 10.2. The van der Waals surface area contributed by atoms with Crippen LogP contribution in [0.15, 0.2) is 48.8 Å². The fraction of sp³-hybridized carbons (Fsp3) is 0.0769.